The largest absolute Gasteiger partial charge is 0.490 e. The van der Waals surface area contributed by atoms with Gasteiger partial charge in [0, 0.05) is 37.3 Å². The molecule has 0 saturated carbocycles. The monoisotopic (exact) mass is 437 g/mol. The standard InChI is InChI=1S/C23H24FN5O3/c24-19-10-17(13-25)2-3-20(19)28-16-32-22-11-18-14-26-15-27-21(18)12-23(22)31-7-1-4-29-5-8-30-9-6-29/h2-3,10-12,14-15,28H,1,4-9,16H2. The molecule has 1 aromatic heterocycles. The summed E-state index contributed by atoms with van der Waals surface area (Å²) in [4.78, 5) is 10.7. The van der Waals surface area contributed by atoms with Gasteiger partial charge in [-0.1, -0.05) is 0 Å². The van der Waals surface area contributed by atoms with Crippen molar-refractivity contribution in [3.05, 3.63) is 54.2 Å². The Hall–Kier alpha value is -3.48. The van der Waals surface area contributed by atoms with Gasteiger partial charge in [-0.25, -0.2) is 14.4 Å². The molecule has 1 aliphatic heterocycles. The molecule has 0 radical (unpaired) electrons. The van der Waals surface area contributed by atoms with E-state index < -0.39 is 5.82 Å². The van der Waals surface area contributed by atoms with Crippen LogP contribution in [0.1, 0.15) is 12.0 Å². The van der Waals surface area contributed by atoms with Crippen LogP contribution < -0.4 is 14.8 Å². The highest BCUT2D eigenvalue weighted by Crippen LogP contribution is 2.32. The number of hydrogen-bond acceptors (Lipinski definition) is 8. The predicted octanol–water partition coefficient (Wildman–Crippen LogP) is 3.19. The fraction of sp³-hybridized carbons (Fsp3) is 0.348. The van der Waals surface area contributed by atoms with Gasteiger partial charge in [0.25, 0.3) is 0 Å². The van der Waals surface area contributed by atoms with Crippen molar-refractivity contribution >= 4 is 16.6 Å². The van der Waals surface area contributed by atoms with Crippen molar-refractivity contribution in [3.63, 3.8) is 0 Å². The Morgan fingerprint density at radius 1 is 1.16 bits per heavy atom. The lowest BCUT2D eigenvalue weighted by molar-refractivity contribution is 0.0357. The van der Waals surface area contributed by atoms with Crippen molar-refractivity contribution in [3.8, 4) is 17.6 Å². The number of halogens is 1. The first-order chi connectivity index (χ1) is 15.7. The molecular weight excluding hydrogens is 413 g/mol. The molecule has 0 amide bonds. The molecule has 2 aromatic carbocycles. The van der Waals surface area contributed by atoms with Gasteiger partial charge in [-0.2, -0.15) is 5.26 Å². The lowest BCUT2D eigenvalue weighted by Crippen LogP contribution is -2.37. The summed E-state index contributed by atoms with van der Waals surface area (Å²) in [5.41, 5.74) is 1.26. The minimum absolute atomic E-state index is 0.0200. The number of fused-ring (bicyclic) bond motifs is 1. The average Bonchev–Trinajstić information content (AvgIpc) is 2.83. The molecule has 0 spiro atoms. The second-order valence-corrected chi connectivity index (χ2v) is 7.31. The van der Waals surface area contributed by atoms with E-state index in [4.69, 9.17) is 19.5 Å². The van der Waals surface area contributed by atoms with E-state index in [1.54, 1.807) is 12.3 Å². The first-order valence-corrected chi connectivity index (χ1v) is 10.5. The summed E-state index contributed by atoms with van der Waals surface area (Å²) in [7, 11) is 0. The maximum Gasteiger partial charge on any atom is 0.164 e. The summed E-state index contributed by atoms with van der Waals surface area (Å²) >= 11 is 0. The molecule has 166 valence electrons. The van der Waals surface area contributed by atoms with Crippen LogP contribution in [0.3, 0.4) is 0 Å². The molecule has 2 heterocycles. The highest BCUT2D eigenvalue weighted by molar-refractivity contribution is 5.81. The molecule has 0 bridgehead atoms. The summed E-state index contributed by atoms with van der Waals surface area (Å²) in [6.07, 6.45) is 4.06. The van der Waals surface area contributed by atoms with Crippen molar-refractivity contribution in [1.82, 2.24) is 14.9 Å². The lowest BCUT2D eigenvalue weighted by Gasteiger charge is -2.26. The zero-order valence-electron chi connectivity index (χ0n) is 17.6. The number of anilines is 1. The van der Waals surface area contributed by atoms with Crippen LogP contribution in [-0.2, 0) is 4.74 Å². The van der Waals surface area contributed by atoms with Crippen LogP contribution in [0.2, 0.25) is 0 Å². The Morgan fingerprint density at radius 2 is 2.00 bits per heavy atom. The van der Waals surface area contributed by atoms with Crippen molar-refractivity contribution in [2.24, 2.45) is 0 Å². The minimum Gasteiger partial charge on any atom is -0.490 e. The zero-order chi connectivity index (χ0) is 22.2. The second kappa shape index (κ2) is 10.7. The van der Waals surface area contributed by atoms with E-state index in [1.807, 2.05) is 18.2 Å². The number of nitriles is 1. The van der Waals surface area contributed by atoms with Crippen LogP contribution in [0.15, 0.2) is 42.9 Å². The van der Waals surface area contributed by atoms with Crippen LogP contribution in [0.25, 0.3) is 10.9 Å². The zero-order valence-corrected chi connectivity index (χ0v) is 17.6. The molecule has 32 heavy (non-hydrogen) atoms. The Balaban J connectivity index is 1.39. The Kier molecular flexibility index (Phi) is 7.27. The summed E-state index contributed by atoms with van der Waals surface area (Å²) in [5, 5.41) is 12.6. The van der Waals surface area contributed by atoms with Crippen molar-refractivity contribution in [2.75, 3.05) is 51.5 Å². The number of morpholine rings is 1. The molecule has 9 heteroatoms. The predicted molar refractivity (Wildman–Crippen MR) is 117 cm³/mol. The molecule has 1 fully saturated rings. The van der Waals surface area contributed by atoms with Crippen molar-refractivity contribution in [2.45, 2.75) is 6.42 Å². The summed E-state index contributed by atoms with van der Waals surface area (Å²) in [5.74, 6) is 0.569. The third-order valence-corrected chi connectivity index (χ3v) is 5.14. The number of benzene rings is 2. The number of hydrogen-bond donors (Lipinski definition) is 1. The van der Waals surface area contributed by atoms with Crippen LogP contribution in [-0.4, -0.2) is 61.1 Å². The highest BCUT2D eigenvalue weighted by atomic mass is 19.1. The Labute approximate surface area is 185 Å². The first-order valence-electron chi connectivity index (χ1n) is 10.5. The van der Waals surface area contributed by atoms with E-state index in [-0.39, 0.29) is 18.0 Å². The van der Waals surface area contributed by atoms with Gasteiger partial charge in [0.15, 0.2) is 18.2 Å². The summed E-state index contributed by atoms with van der Waals surface area (Å²) in [6.45, 7) is 4.92. The number of aromatic nitrogens is 2. The molecule has 1 aliphatic rings. The van der Waals surface area contributed by atoms with Crippen molar-refractivity contribution in [1.29, 1.82) is 5.26 Å². The highest BCUT2D eigenvalue weighted by Gasteiger charge is 2.12. The minimum atomic E-state index is -0.515. The van der Waals surface area contributed by atoms with Gasteiger partial charge >= 0.3 is 0 Å². The number of nitrogens with one attached hydrogen (secondary N) is 1. The summed E-state index contributed by atoms with van der Waals surface area (Å²) in [6, 6.07) is 9.77. The van der Waals surface area contributed by atoms with Gasteiger partial charge in [0.1, 0.15) is 12.1 Å². The third kappa shape index (κ3) is 5.60. The van der Waals surface area contributed by atoms with Crippen LogP contribution in [0, 0.1) is 17.1 Å². The SMILES string of the molecule is N#Cc1ccc(NCOc2cc3cncnc3cc2OCCCN2CCOCC2)c(F)c1. The number of rotatable bonds is 9. The van der Waals surface area contributed by atoms with E-state index in [9.17, 15) is 4.39 Å². The molecule has 3 aromatic rings. The third-order valence-electron chi connectivity index (χ3n) is 5.14. The molecule has 1 N–H and O–H groups in total. The fourth-order valence-corrected chi connectivity index (χ4v) is 3.43. The van der Waals surface area contributed by atoms with Gasteiger partial charge in [0.05, 0.1) is 42.7 Å². The maximum atomic E-state index is 14.1. The van der Waals surface area contributed by atoms with Gasteiger partial charge in [-0.15, -0.1) is 0 Å². The van der Waals surface area contributed by atoms with E-state index in [2.05, 4.69) is 20.2 Å². The second-order valence-electron chi connectivity index (χ2n) is 7.31. The quantitative estimate of drug-likeness (QED) is 0.403. The van der Waals surface area contributed by atoms with Crippen molar-refractivity contribution < 1.29 is 18.6 Å². The van der Waals surface area contributed by atoms with E-state index in [1.165, 1.54) is 18.5 Å². The first kappa shape index (κ1) is 21.7. The molecule has 0 aliphatic carbocycles. The Morgan fingerprint density at radius 3 is 2.81 bits per heavy atom. The molecule has 0 unspecified atom stereocenters. The molecule has 8 nitrogen and oxygen atoms in total. The lowest BCUT2D eigenvalue weighted by atomic mass is 10.2. The number of ether oxygens (including phenoxy) is 3. The van der Waals surface area contributed by atoms with E-state index in [0.29, 0.717) is 18.1 Å². The van der Waals surface area contributed by atoms with Gasteiger partial charge in [0.2, 0.25) is 0 Å². The van der Waals surface area contributed by atoms with Gasteiger partial charge < -0.3 is 19.5 Å². The maximum absolute atomic E-state index is 14.1. The van der Waals surface area contributed by atoms with Gasteiger partial charge in [-0.05, 0) is 30.7 Å². The topological polar surface area (TPSA) is 92.5 Å². The summed E-state index contributed by atoms with van der Waals surface area (Å²) < 4.78 is 31.3. The average molecular weight is 437 g/mol. The molecule has 1 saturated heterocycles. The van der Waals surface area contributed by atoms with Gasteiger partial charge in [-0.3, -0.25) is 4.90 Å². The fourth-order valence-electron chi connectivity index (χ4n) is 3.43. The normalized spacial score (nSPS) is 14.1. The van der Waals surface area contributed by atoms with E-state index >= 15 is 0 Å². The Bertz CT molecular complexity index is 1100. The molecule has 0 atom stereocenters. The molecule has 4 rings (SSSR count). The van der Waals surface area contributed by atoms with Crippen LogP contribution in [0.4, 0.5) is 10.1 Å². The van der Waals surface area contributed by atoms with E-state index in [0.717, 1.165) is 50.2 Å². The van der Waals surface area contributed by atoms with Crippen LogP contribution >= 0.6 is 0 Å². The number of nitrogens with zero attached hydrogens (tertiary/aromatic N) is 4. The van der Waals surface area contributed by atoms with Crippen LogP contribution in [0.5, 0.6) is 11.5 Å². The smallest absolute Gasteiger partial charge is 0.164 e. The molecular formula is C23H24FN5O3.